The van der Waals surface area contributed by atoms with Gasteiger partial charge in [0.15, 0.2) is 5.96 Å². The maximum Gasteiger partial charge on any atom is 0.191 e. The average molecular weight is 228 g/mol. The highest BCUT2D eigenvalue weighted by Crippen LogP contribution is 2.14. The van der Waals surface area contributed by atoms with Crippen molar-refractivity contribution < 1.29 is 4.39 Å². The highest BCUT2D eigenvalue weighted by atomic mass is 35.5. The Labute approximate surface area is 92.3 Å². The third-order valence-electron chi connectivity index (χ3n) is 2.14. The number of nitrogens with zero attached hydrogens (tertiary/aromatic N) is 1. The Morgan fingerprint density at radius 2 is 2.40 bits per heavy atom. The molecule has 3 nitrogen and oxygen atoms in total. The molecule has 2 rings (SSSR count). The third-order valence-corrected chi connectivity index (χ3v) is 2.37. The van der Waals surface area contributed by atoms with Gasteiger partial charge in [-0.2, -0.15) is 0 Å². The van der Waals surface area contributed by atoms with Crippen LogP contribution in [0.25, 0.3) is 0 Å². The van der Waals surface area contributed by atoms with E-state index in [-0.39, 0.29) is 5.82 Å². The van der Waals surface area contributed by atoms with Crippen molar-refractivity contribution in [2.75, 3.05) is 13.1 Å². The molecule has 15 heavy (non-hydrogen) atoms. The molecule has 0 saturated heterocycles. The molecule has 1 aromatic carbocycles. The average Bonchev–Trinajstić information content (AvgIpc) is 2.69. The summed E-state index contributed by atoms with van der Waals surface area (Å²) in [5, 5.41) is 6.47. The SMILES string of the molecule is Fc1cc(Cl)ccc1CNC1=NCCN1. The molecule has 0 unspecified atom stereocenters. The van der Waals surface area contributed by atoms with E-state index in [1.54, 1.807) is 12.1 Å². The van der Waals surface area contributed by atoms with Crippen molar-refractivity contribution >= 4 is 17.6 Å². The van der Waals surface area contributed by atoms with Crippen LogP contribution in [0.1, 0.15) is 5.56 Å². The van der Waals surface area contributed by atoms with E-state index in [0.29, 0.717) is 17.1 Å². The number of rotatable bonds is 2. The molecule has 1 heterocycles. The maximum absolute atomic E-state index is 13.3. The maximum atomic E-state index is 13.3. The molecule has 5 heteroatoms. The smallest absolute Gasteiger partial charge is 0.191 e. The van der Waals surface area contributed by atoms with Gasteiger partial charge >= 0.3 is 0 Å². The fourth-order valence-electron chi connectivity index (χ4n) is 1.36. The van der Waals surface area contributed by atoms with Crippen LogP contribution in [0.5, 0.6) is 0 Å². The standard InChI is InChI=1S/C10H11ClFN3/c11-8-2-1-7(9(12)5-8)6-15-10-13-3-4-14-10/h1-2,5H,3-4,6H2,(H2,13,14,15). The summed E-state index contributed by atoms with van der Waals surface area (Å²) >= 11 is 5.65. The fraction of sp³-hybridized carbons (Fsp3) is 0.300. The number of halogens is 2. The Kier molecular flexibility index (Phi) is 3.06. The predicted molar refractivity (Wildman–Crippen MR) is 58.6 cm³/mol. The second kappa shape index (κ2) is 4.49. The summed E-state index contributed by atoms with van der Waals surface area (Å²) in [4.78, 5) is 4.14. The minimum atomic E-state index is -0.298. The normalized spacial score (nSPS) is 14.7. The van der Waals surface area contributed by atoms with Gasteiger partial charge in [0.2, 0.25) is 0 Å². The van der Waals surface area contributed by atoms with Gasteiger partial charge in [-0.25, -0.2) is 4.39 Å². The Balaban J connectivity index is 1.98. The van der Waals surface area contributed by atoms with Gasteiger partial charge < -0.3 is 10.6 Å². The van der Waals surface area contributed by atoms with Crippen LogP contribution < -0.4 is 10.6 Å². The van der Waals surface area contributed by atoms with Gasteiger partial charge in [0.05, 0.1) is 6.54 Å². The molecule has 0 radical (unpaired) electrons. The van der Waals surface area contributed by atoms with E-state index in [4.69, 9.17) is 11.6 Å². The van der Waals surface area contributed by atoms with Crippen LogP contribution in [0.4, 0.5) is 4.39 Å². The molecule has 1 aliphatic heterocycles. The van der Waals surface area contributed by atoms with E-state index in [1.807, 2.05) is 0 Å². The second-order valence-electron chi connectivity index (χ2n) is 3.25. The molecule has 0 aromatic heterocycles. The lowest BCUT2D eigenvalue weighted by Gasteiger charge is -2.07. The van der Waals surface area contributed by atoms with E-state index in [1.165, 1.54) is 6.07 Å². The zero-order valence-corrected chi connectivity index (χ0v) is 8.81. The van der Waals surface area contributed by atoms with Crippen molar-refractivity contribution in [3.63, 3.8) is 0 Å². The van der Waals surface area contributed by atoms with Crippen LogP contribution in [-0.2, 0) is 6.54 Å². The molecule has 0 saturated carbocycles. The molecule has 0 amide bonds. The van der Waals surface area contributed by atoms with E-state index >= 15 is 0 Å². The van der Waals surface area contributed by atoms with Gasteiger partial charge in [0.25, 0.3) is 0 Å². The molecule has 2 N–H and O–H groups in total. The van der Waals surface area contributed by atoms with Gasteiger partial charge in [-0.15, -0.1) is 0 Å². The number of guanidine groups is 1. The highest BCUT2D eigenvalue weighted by Gasteiger charge is 2.06. The monoisotopic (exact) mass is 227 g/mol. The van der Waals surface area contributed by atoms with Crippen LogP contribution in [0.3, 0.4) is 0 Å². The minimum absolute atomic E-state index is 0.298. The van der Waals surface area contributed by atoms with E-state index in [0.717, 1.165) is 19.0 Å². The fourth-order valence-corrected chi connectivity index (χ4v) is 1.52. The first-order valence-electron chi connectivity index (χ1n) is 4.72. The second-order valence-corrected chi connectivity index (χ2v) is 3.68. The third kappa shape index (κ3) is 2.59. The lowest BCUT2D eigenvalue weighted by Crippen LogP contribution is -2.33. The quantitative estimate of drug-likeness (QED) is 0.804. The van der Waals surface area contributed by atoms with Gasteiger partial charge in [-0.05, 0) is 12.1 Å². The van der Waals surface area contributed by atoms with Crippen LogP contribution in [0.2, 0.25) is 5.02 Å². The Bertz CT molecular complexity index is 392. The molecule has 0 fully saturated rings. The number of benzene rings is 1. The lowest BCUT2D eigenvalue weighted by molar-refractivity contribution is 0.605. The van der Waals surface area contributed by atoms with Crippen molar-refractivity contribution in [1.82, 2.24) is 10.6 Å². The summed E-state index contributed by atoms with van der Waals surface area (Å²) in [5.41, 5.74) is 0.579. The first kappa shape index (κ1) is 10.2. The molecule has 0 atom stereocenters. The summed E-state index contributed by atoms with van der Waals surface area (Å²) < 4.78 is 13.3. The molecular weight excluding hydrogens is 217 g/mol. The summed E-state index contributed by atoms with van der Waals surface area (Å²) in [5.74, 6) is 0.429. The minimum Gasteiger partial charge on any atom is -0.355 e. The summed E-state index contributed by atoms with van der Waals surface area (Å²) in [7, 11) is 0. The largest absolute Gasteiger partial charge is 0.355 e. The number of hydrogen-bond acceptors (Lipinski definition) is 3. The van der Waals surface area contributed by atoms with Crippen molar-refractivity contribution in [3.05, 3.63) is 34.6 Å². The van der Waals surface area contributed by atoms with E-state index in [9.17, 15) is 4.39 Å². The summed E-state index contributed by atoms with van der Waals surface area (Å²) in [6, 6.07) is 4.65. The Morgan fingerprint density at radius 3 is 3.07 bits per heavy atom. The molecule has 80 valence electrons. The summed E-state index contributed by atoms with van der Waals surface area (Å²) in [6.45, 7) is 2.02. The summed E-state index contributed by atoms with van der Waals surface area (Å²) in [6.07, 6.45) is 0. The Morgan fingerprint density at radius 1 is 1.53 bits per heavy atom. The number of nitrogens with one attached hydrogen (secondary N) is 2. The molecule has 0 aliphatic carbocycles. The Hall–Kier alpha value is -1.29. The van der Waals surface area contributed by atoms with Crippen LogP contribution in [0.15, 0.2) is 23.2 Å². The van der Waals surface area contributed by atoms with Crippen LogP contribution in [0, 0.1) is 5.82 Å². The topological polar surface area (TPSA) is 36.4 Å². The van der Waals surface area contributed by atoms with Gasteiger partial charge in [-0.3, -0.25) is 4.99 Å². The van der Waals surface area contributed by atoms with Crippen molar-refractivity contribution in [2.24, 2.45) is 4.99 Å². The van der Waals surface area contributed by atoms with Crippen molar-refractivity contribution in [3.8, 4) is 0 Å². The molecule has 0 spiro atoms. The molecule has 1 aliphatic rings. The van der Waals surface area contributed by atoms with Crippen LogP contribution >= 0.6 is 11.6 Å². The van der Waals surface area contributed by atoms with Gasteiger partial charge in [0.1, 0.15) is 5.82 Å². The predicted octanol–water partition coefficient (Wildman–Crippen LogP) is 1.53. The lowest BCUT2D eigenvalue weighted by atomic mass is 10.2. The zero-order valence-electron chi connectivity index (χ0n) is 8.06. The van der Waals surface area contributed by atoms with Crippen molar-refractivity contribution in [2.45, 2.75) is 6.54 Å². The molecule has 0 bridgehead atoms. The van der Waals surface area contributed by atoms with Gasteiger partial charge in [0, 0.05) is 23.7 Å². The number of hydrogen-bond donors (Lipinski definition) is 2. The van der Waals surface area contributed by atoms with E-state index in [2.05, 4.69) is 15.6 Å². The zero-order chi connectivity index (χ0) is 10.7. The first-order chi connectivity index (χ1) is 7.25. The van der Waals surface area contributed by atoms with Crippen LogP contribution in [-0.4, -0.2) is 19.0 Å². The van der Waals surface area contributed by atoms with E-state index < -0.39 is 0 Å². The highest BCUT2D eigenvalue weighted by molar-refractivity contribution is 6.30. The van der Waals surface area contributed by atoms with Gasteiger partial charge in [-0.1, -0.05) is 17.7 Å². The first-order valence-corrected chi connectivity index (χ1v) is 5.09. The molecular formula is C10H11ClFN3. The number of aliphatic imine (C=N–C) groups is 1. The van der Waals surface area contributed by atoms with Crippen molar-refractivity contribution in [1.29, 1.82) is 0 Å². The molecule has 1 aromatic rings.